The Morgan fingerprint density at radius 2 is 2.11 bits per heavy atom. The highest BCUT2D eigenvalue weighted by atomic mass is 35.5. The molecule has 0 aliphatic carbocycles. The Morgan fingerprint density at radius 1 is 1.44 bits per heavy atom. The van der Waals surface area contributed by atoms with Crippen LogP contribution in [0.3, 0.4) is 0 Å². The van der Waals surface area contributed by atoms with Crippen LogP contribution in [0.1, 0.15) is 5.56 Å². The number of nitrogens with one attached hydrogen (secondary N) is 1. The van der Waals surface area contributed by atoms with Gasteiger partial charge in [0.25, 0.3) is 0 Å². The molecule has 100 valence electrons. The molecule has 6 heteroatoms. The third kappa shape index (κ3) is 4.91. The minimum Gasteiger partial charge on any atom is -0.383 e. The molecular formula is C12H19ClN4O. The molecule has 0 spiro atoms. The van der Waals surface area contributed by atoms with Crippen LogP contribution >= 0.6 is 11.6 Å². The second kappa shape index (κ2) is 7.92. The van der Waals surface area contributed by atoms with Gasteiger partial charge in [0.15, 0.2) is 0 Å². The van der Waals surface area contributed by atoms with Gasteiger partial charge in [-0.25, -0.2) is 10.8 Å². The topological polar surface area (TPSA) is 62.9 Å². The molecular weight excluding hydrogens is 252 g/mol. The van der Waals surface area contributed by atoms with Crippen molar-refractivity contribution < 1.29 is 4.74 Å². The quantitative estimate of drug-likeness (QED) is 0.278. The zero-order chi connectivity index (χ0) is 13.4. The number of halogens is 1. The van der Waals surface area contributed by atoms with Crippen LogP contribution in [0, 0.1) is 0 Å². The Balaban J connectivity index is 2.58. The summed E-state index contributed by atoms with van der Waals surface area (Å²) in [5.74, 6) is 6.08. The molecule has 0 bridgehead atoms. The van der Waals surface area contributed by atoms with Crippen LogP contribution in [0.2, 0.25) is 5.02 Å². The van der Waals surface area contributed by atoms with Crippen LogP contribution in [0.25, 0.3) is 0 Å². The van der Waals surface area contributed by atoms with Crippen LogP contribution in [-0.2, 0) is 11.3 Å². The fraction of sp³-hybridized carbons (Fsp3) is 0.417. The normalized spacial score (nSPS) is 11.4. The molecule has 1 aromatic rings. The predicted octanol–water partition coefficient (Wildman–Crippen LogP) is 1.24. The first-order chi connectivity index (χ1) is 8.67. The van der Waals surface area contributed by atoms with Gasteiger partial charge in [-0.1, -0.05) is 23.7 Å². The largest absolute Gasteiger partial charge is 0.383 e. The lowest BCUT2D eigenvalue weighted by molar-refractivity contribution is 0.207. The molecule has 0 atom stereocenters. The summed E-state index contributed by atoms with van der Waals surface area (Å²) in [4.78, 5) is 6.23. The van der Waals surface area contributed by atoms with Crippen molar-refractivity contribution in [3.63, 3.8) is 0 Å². The maximum Gasteiger partial charge on any atom is 0.208 e. The number of hydrazine groups is 1. The summed E-state index contributed by atoms with van der Waals surface area (Å²) in [6.07, 6.45) is 0. The van der Waals surface area contributed by atoms with Gasteiger partial charge in [-0.2, -0.15) is 0 Å². The lowest BCUT2D eigenvalue weighted by atomic mass is 10.2. The van der Waals surface area contributed by atoms with Crippen LogP contribution in [0.15, 0.2) is 29.3 Å². The summed E-state index contributed by atoms with van der Waals surface area (Å²) < 4.78 is 4.94. The molecule has 0 heterocycles. The van der Waals surface area contributed by atoms with Gasteiger partial charge in [0.1, 0.15) is 0 Å². The molecule has 0 unspecified atom stereocenters. The van der Waals surface area contributed by atoms with Gasteiger partial charge in [-0.15, -0.1) is 0 Å². The van der Waals surface area contributed by atoms with Gasteiger partial charge in [0.2, 0.25) is 5.96 Å². The van der Waals surface area contributed by atoms with Crippen molar-refractivity contribution in [1.29, 1.82) is 0 Å². The van der Waals surface area contributed by atoms with Crippen molar-refractivity contribution in [2.75, 3.05) is 27.3 Å². The van der Waals surface area contributed by atoms with Crippen molar-refractivity contribution in [2.24, 2.45) is 10.8 Å². The molecule has 0 amide bonds. The van der Waals surface area contributed by atoms with Crippen LogP contribution in [0.5, 0.6) is 0 Å². The van der Waals surface area contributed by atoms with E-state index in [4.69, 9.17) is 22.2 Å². The van der Waals surface area contributed by atoms with E-state index in [0.29, 0.717) is 25.7 Å². The molecule has 0 radical (unpaired) electrons. The number of nitrogens with zero attached hydrogens (tertiary/aromatic N) is 2. The fourth-order valence-electron chi connectivity index (χ4n) is 1.46. The molecule has 0 saturated carbocycles. The first kappa shape index (κ1) is 14.8. The van der Waals surface area contributed by atoms with E-state index >= 15 is 0 Å². The summed E-state index contributed by atoms with van der Waals surface area (Å²) in [6, 6.07) is 7.68. The highest BCUT2D eigenvalue weighted by Gasteiger charge is 2.05. The third-order valence-corrected chi connectivity index (χ3v) is 2.63. The average molecular weight is 271 g/mol. The zero-order valence-corrected chi connectivity index (χ0v) is 11.4. The van der Waals surface area contributed by atoms with E-state index in [1.165, 1.54) is 0 Å². The Hall–Kier alpha value is -1.30. The van der Waals surface area contributed by atoms with Crippen molar-refractivity contribution in [3.05, 3.63) is 34.9 Å². The van der Waals surface area contributed by atoms with E-state index in [9.17, 15) is 0 Å². The second-order valence-corrected chi connectivity index (χ2v) is 4.26. The van der Waals surface area contributed by atoms with Gasteiger partial charge in [0, 0.05) is 25.7 Å². The number of nitrogens with two attached hydrogens (primary N) is 1. The summed E-state index contributed by atoms with van der Waals surface area (Å²) >= 11 is 5.84. The monoisotopic (exact) mass is 270 g/mol. The summed E-state index contributed by atoms with van der Waals surface area (Å²) in [6.45, 7) is 1.84. The van der Waals surface area contributed by atoms with Crippen LogP contribution in [0.4, 0.5) is 0 Å². The number of hydrogen-bond acceptors (Lipinski definition) is 3. The number of methoxy groups -OCH3 is 1. The number of aliphatic imine (C=N–C) groups is 1. The number of guanidine groups is 1. The lowest BCUT2D eigenvalue weighted by Crippen LogP contribution is -2.42. The minimum atomic E-state index is 0.569. The second-order valence-electron chi connectivity index (χ2n) is 3.82. The summed E-state index contributed by atoms with van der Waals surface area (Å²) in [5.41, 5.74) is 3.72. The van der Waals surface area contributed by atoms with Gasteiger partial charge in [-0.3, -0.25) is 5.43 Å². The van der Waals surface area contributed by atoms with E-state index in [1.54, 1.807) is 7.11 Å². The Morgan fingerprint density at radius 3 is 2.67 bits per heavy atom. The summed E-state index contributed by atoms with van der Waals surface area (Å²) in [7, 11) is 3.56. The van der Waals surface area contributed by atoms with Crippen molar-refractivity contribution in [1.82, 2.24) is 10.3 Å². The minimum absolute atomic E-state index is 0.569. The number of rotatable bonds is 5. The van der Waals surface area contributed by atoms with Gasteiger partial charge in [0.05, 0.1) is 13.2 Å². The first-order valence-electron chi connectivity index (χ1n) is 5.63. The average Bonchev–Trinajstić information content (AvgIpc) is 2.37. The zero-order valence-electron chi connectivity index (χ0n) is 10.7. The van der Waals surface area contributed by atoms with E-state index in [0.717, 1.165) is 10.6 Å². The number of hydrogen-bond donors (Lipinski definition) is 2. The molecule has 1 rings (SSSR count). The fourth-order valence-corrected chi connectivity index (χ4v) is 1.58. The van der Waals surface area contributed by atoms with Gasteiger partial charge >= 0.3 is 0 Å². The van der Waals surface area contributed by atoms with Crippen molar-refractivity contribution >= 4 is 17.6 Å². The molecule has 0 aromatic heterocycles. The lowest BCUT2D eigenvalue weighted by Gasteiger charge is -2.20. The van der Waals surface area contributed by atoms with E-state index < -0.39 is 0 Å². The third-order valence-electron chi connectivity index (χ3n) is 2.38. The molecule has 0 saturated heterocycles. The molecule has 1 aromatic carbocycles. The van der Waals surface area contributed by atoms with E-state index in [2.05, 4.69) is 10.4 Å². The maximum atomic E-state index is 5.84. The van der Waals surface area contributed by atoms with Crippen molar-refractivity contribution in [2.45, 2.75) is 6.54 Å². The Labute approximate surface area is 113 Å². The highest BCUT2D eigenvalue weighted by Crippen LogP contribution is 2.10. The highest BCUT2D eigenvalue weighted by molar-refractivity contribution is 6.30. The molecule has 0 aliphatic rings. The van der Waals surface area contributed by atoms with Gasteiger partial charge in [-0.05, 0) is 17.7 Å². The maximum absolute atomic E-state index is 5.84. The van der Waals surface area contributed by atoms with Crippen molar-refractivity contribution in [3.8, 4) is 0 Å². The molecule has 3 N–H and O–H groups in total. The van der Waals surface area contributed by atoms with E-state index in [1.807, 2.05) is 36.2 Å². The summed E-state index contributed by atoms with van der Waals surface area (Å²) in [5, 5.41) is 0.729. The molecule has 0 aliphatic heterocycles. The molecule has 0 fully saturated rings. The van der Waals surface area contributed by atoms with Crippen LogP contribution < -0.4 is 11.3 Å². The molecule has 5 nitrogen and oxygen atoms in total. The van der Waals surface area contributed by atoms with Crippen LogP contribution in [-0.4, -0.2) is 38.2 Å². The first-order valence-corrected chi connectivity index (χ1v) is 6.00. The Bertz CT molecular complexity index is 380. The van der Waals surface area contributed by atoms with E-state index in [-0.39, 0.29) is 0 Å². The smallest absolute Gasteiger partial charge is 0.208 e. The van der Waals surface area contributed by atoms with Gasteiger partial charge < -0.3 is 9.64 Å². The standard InChI is InChI=1S/C12H19ClN4O/c1-17(12(16-14)15-7-8-18-2)9-10-3-5-11(13)6-4-10/h3-6H,7-9,14H2,1-2H3,(H,15,16). The molecule has 18 heavy (non-hydrogen) atoms. The number of benzene rings is 1. The number of ether oxygens (including phenoxy) is 1. The predicted molar refractivity (Wildman–Crippen MR) is 74.4 cm³/mol. The SMILES string of the molecule is COCCN=C(NN)N(C)Cc1ccc(Cl)cc1. The Kier molecular flexibility index (Phi) is 6.49.